The van der Waals surface area contributed by atoms with Crippen LogP contribution in [0.1, 0.15) is 11.1 Å². The Morgan fingerprint density at radius 3 is 2.90 bits per heavy atom. The van der Waals surface area contributed by atoms with Crippen molar-refractivity contribution in [2.24, 2.45) is 0 Å². The molecule has 102 valence electrons. The Hall–Kier alpha value is -2.14. The first-order chi connectivity index (χ1) is 9.63. The van der Waals surface area contributed by atoms with Gasteiger partial charge in [0, 0.05) is 16.9 Å². The lowest BCUT2D eigenvalue weighted by Gasteiger charge is -2.03. The first-order valence-corrected chi connectivity index (χ1v) is 6.85. The summed E-state index contributed by atoms with van der Waals surface area (Å²) in [5.41, 5.74) is 2.21. The quantitative estimate of drug-likeness (QED) is 0.894. The van der Waals surface area contributed by atoms with E-state index >= 15 is 0 Å². The number of carbonyl (C=O) groups excluding carboxylic acids is 1. The maximum atomic E-state index is 11.7. The molecule has 0 fully saturated rings. The van der Waals surface area contributed by atoms with Crippen LogP contribution in [0.3, 0.4) is 0 Å². The summed E-state index contributed by atoms with van der Waals surface area (Å²) in [5, 5.41) is 5.27. The van der Waals surface area contributed by atoms with E-state index in [1.54, 1.807) is 24.5 Å². The number of urea groups is 1. The molecule has 2 aromatic rings. The smallest absolute Gasteiger partial charge is 0.314 e. The van der Waals surface area contributed by atoms with Crippen LogP contribution < -0.4 is 10.6 Å². The number of nitrogens with zero attached hydrogens (tertiary/aromatic N) is 1. The lowest BCUT2D eigenvalue weighted by molar-refractivity contribution is 0.255. The van der Waals surface area contributed by atoms with Crippen molar-refractivity contribution >= 4 is 33.9 Å². The number of aromatic nitrogens is 1. The van der Waals surface area contributed by atoms with Crippen LogP contribution >= 0.6 is 15.9 Å². The van der Waals surface area contributed by atoms with E-state index < -0.39 is 0 Å². The number of benzene rings is 1. The van der Waals surface area contributed by atoms with E-state index in [-0.39, 0.29) is 6.03 Å². The maximum Gasteiger partial charge on any atom is 0.324 e. The van der Waals surface area contributed by atoms with Crippen LogP contribution in [-0.4, -0.2) is 11.0 Å². The van der Waals surface area contributed by atoms with Gasteiger partial charge in [-0.15, -0.1) is 0 Å². The molecule has 2 amide bonds. The highest BCUT2D eigenvalue weighted by Gasteiger charge is 2.00. The van der Waals surface area contributed by atoms with Crippen molar-refractivity contribution in [3.05, 3.63) is 64.4 Å². The summed E-state index contributed by atoms with van der Waals surface area (Å²) in [5.74, 6) is 0.487. The van der Waals surface area contributed by atoms with Crippen molar-refractivity contribution in [1.82, 2.24) is 10.3 Å². The molecule has 0 aliphatic carbocycles. The van der Waals surface area contributed by atoms with E-state index in [0.29, 0.717) is 5.82 Å². The molecule has 4 nitrogen and oxygen atoms in total. The van der Waals surface area contributed by atoms with Crippen molar-refractivity contribution in [3.8, 4) is 0 Å². The number of anilines is 1. The fraction of sp³-hybridized carbons (Fsp3) is 0.0667. The molecular formula is C15H14BrN3O. The third-order valence-electron chi connectivity index (χ3n) is 2.50. The van der Waals surface area contributed by atoms with Gasteiger partial charge in [0.05, 0.1) is 0 Å². The number of halogens is 1. The SMILES string of the molecule is Cc1cccc(/C=C/NC(=O)Nc2cc(Br)ccn2)c1. The zero-order valence-electron chi connectivity index (χ0n) is 10.9. The van der Waals surface area contributed by atoms with Gasteiger partial charge in [0.2, 0.25) is 0 Å². The largest absolute Gasteiger partial charge is 0.324 e. The predicted molar refractivity (Wildman–Crippen MR) is 84.3 cm³/mol. The molecule has 2 rings (SSSR count). The molecule has 0 spiro atoms. The fourth-order valence-corrected chi connectivity index (χ4v) is 1.95. The van der Waals surface area contributed by atoms with Gasteiger partial charge in [0.1, 0.15) is 5.82 Å². The summed E-state index contributed by atoms with van der Waals surface area (Å²) in [6.07, 6.45) is 5.05. The average Bonchev–Trinajstić information content (AvgIpc) is 2.38. The standard InChI is InChI=1S/C15H14BrN3O/c1-11-3-2-4-12(9-11)5-7-18-15(20)19-14-10-13(16)6-8-17-14/h2-10H,1H3,(H2,17,18,19,20)/b7-5+. The number of carbonyl (C=O) groups is 1. The Bertz CT molecular complexity index is 641. The third-order valence-corrected chi connectivity index (χ3v) is 2.99. The number of rotatable bonds is 3. The van der Waals surface area contributed by atoms with Crippen molar-refractivity contribution < 1.29 is 4.79 Å². The third kappa shape index (κ3) is 4.51. The zero-order valence-corrected chi connectivity index (χ0v) is 12.5. The molecule has 0 radical (unpaired) electrons. The van der Waals surface area contributed by atoms with Crippen LogP contribution in [0.25, 0.3) is 6.08 Å². The van der Waals surface area contributed by atoms with Gasteiger partial charge in [0.25, 0.3) is 0 Å². The molecular weight excluding hydrogens is 318 g/mol. The number of hydrogen-bond donors (Lipinski definition) is 2. The van der Waals surface area contributed by atoms with Gasteiger partial charge in [-0.3, -0.25) is 5.32 Å². The van der Waals surface area contributed by atoms with Crippen molar-refractivity contribution in [1.29, 1.82) is 0 Å². The summed E-state index contributed by atoms with van der Waals surface area (Å²) < 4.78 is 0.859. The number of amides is 2. The summed E-state index contributed by atoms with van der Waals surface area (Å²) in [4.78, 5) is 15.7. The van der Waals surface area contributed by atoms with E-state index in [1.165, 1.54) is 5.56 Å². The molecule has 5 heteroatoms. The highest BCUT2D eigenvalue weighted by molar-refractivity contribution is 9.10. The van der Waals surface area contributed by atoms with Gasteiger partial charge < -0.3 is 5.32 Å². The van der Waals surface area contributed by atoms with Gasteiger partial charge in [-0.25, -0.2) is 9.78 Å². The van der Waals surface area contributed by atoms with Gasteiger partial charge in [-0.05, 0) is 30.7 Å². The minimum Gasteiger partial charge on any atom is -0.314 e. The Morgan fingerprint density at radius 1 is 1.30 bits per heavy atom. The summed E-state index contributed by atoms with van der Waals surface area (Å²) in [7, 11) is 0. The number of aryl methyl sites for hydroxylation is 1. The van der Waals surface area contributed by atoms with E-state index in [1.807, 2.05) is 37.3 Å². The van der Waals surface area contributed by atoms with E-state index in [4.69, 9.17) is 0 Å². The monoisotopic (exact) mass is 331 g/mol. The summed E-state index contributed by atoms with van der Waals surface area (Å²) >= 11 is 3.32. The van der Waals surface area contributed by atoms with E-state index in [9.17, 15) is 4.79 Å². The normalized spacial score (nSPS) is 10.5. The van der Waals surface area contributed by atoms with Gasteiger partial charge in [-0.1, -0.05) is 45.8 Å². The topological polar surface area (TPSA) is 54.0 Å². The maximum absolute atomic E-state index is 11.7. The minimum absolute atomic E-state index is 0.334. The van der Waals surface area contributed by atoms with E-state index in [0.717, 1.165) is 10.0 Å². The molecule has 0 saturated heterocycles. The summed E-state index contributed by atoms with van der Waals surface area (Å²) in [6.45, 7) is 2.02. The van der Waals surface area contributed by atoms with Crippen molar-refractivity contribution in [3.63, 3.8) is 0 Å². The van der Waals surface area contributed by atoms with Gasteiger partial charge >= 0.3 is 6.03 Å². The molecule has 0 aliphatic heterocycles. The number of hydrogen-bond acceptors (Lipinski definition) is 2. The first kappa shape index (κ1) is 14.3. The molecule has 1 aromatic heterocycles. The van der Waals surface area contributed by atoms with Gasteiger partial charge in [0.15, 0.2) is 0 Å². The van der Waals surface area contributed by atoms with Crippen LogP contribution in [0.4, 0.5) is 10.6 Å². The fourth-order valence-electron chi connectivity index (χ4n) is 1.61. The van der Waals surface area contributed by atoms with Crippen LogP contribution in [0.5, 0.6) is 0 Å². The average molecular weight is 332 g/mol. The molecule has 1 aromatic carbocycles. The second-order valence-corrected chi connectivity index (χ2v) is 5.12. The van der Waals surface area contributed by atoms with Gasteiger partial charge in [-0.2, -0.15) is 0 Å². The molecule has 1 heterocycles. The molecule has 0 saturated carbocycles. The Kier molecular flexibility index (Phi) is 4.90. The van der Waals surface area contributed by atoms with Crippen molar-refractivity contribution in [2.45, 2.75) is 6.92 Å². The summed E-state index contributed by atoms with van der Waals surface area (Å²) in [6, 6.07) is 11.2. The lowest BCUT2D eigenvalue weighted by atomic mass is 10.1. The van der Waals surface area contributed by atoms with Crippen LogP contribution in [0, 0.1) is 6.92 Å². The van der Waals surface area contributed by atoms with E-state index in [2.05, 4.69) is 31.5 Å². The Labute approximate surface area is 126 Å². The van der Waals surface area contributed by atoms with Crippen LogP contribution in [0.2, 0.25) is 0 Å². The number of nitrogens with one attached hydrogen (secondary N) is 2. The second kappa shape index (κ2) is 6.86. The van der Waals surface area contributed by atoms with Crippen LogP contribution in [0.15, 0.2) is 53.3 Å². The molecule has 0 atom stereocenters. The molecule has 0 unspecified atom stereocenters. The van der Waals surface area contributed by atoms with Crippen molar-refractivity contribution in [2.75, 3.05) is 5.32 Å². The Balaban J connectivity index is 1.89. The minimum atomic E-state index is -0.334. The molecule has 0 aliphatic rings. The molecule has 0 bridgehead atoms. The highest BCUT2D eigenvalue weighted by Crippen LogP contribution is 2.12. The lowest BCUT2D eigenvalue weighted by Crippen LogP contribution is -2.24. The van der Waals surface area contributed by atoms with Crippen LogP contribution in [-0.2, 0) is 0 Å². The molecule has 2 N–H and O–H groups in total. The second-order valence-electron chi connectivity index (χ2n) is 4.21. The number of pyridine rings is 1. The molecule has 20 heavy (non-hydrogen) atoms. The first-order valence-electron chi connectivity index (χ1n) is 6.06. The predicted octanol–water partition coefficient (Wildman–Crippen LogP) is 3.94. The zero-order chi connectivity index (χ0) is 14.4. The highest BCUT2D eigenvalue weighted by atomic mass is 79.9. The Morgan fingerprint density at radius 2 is 2.15 bits per heavy atom.